The molecule has 0 aliphatic heterocycles. The van der Waals surface area contributed by atoms with Crippen LogP contribution in [0.15, 0.2) is 51.2 Å². The van der Waals surface area contributed by atoms with E-state index in [1.54, 1.807) is 0 Å². The van der Waals surface area contributed by atoms with Gasteiger partial charge in [-0.1, -0.05) is 57.9 Å². The van der Waals surface area contributed by atoms with E-state index in [9.17, 15) is 0 Å². The summed E-state index contributed by atoms with van der Waals surface area (Å²) in [5.74, 6) is 0.525. The van der Waals surface area contributed by atoms with Gasteiger partial charge in [-0.05, 0) is 12.8 Å². The first-order valence-corrected chi connectivity index (χ1v) is 6.32. The van der Waals surface area contributed by atoms with Crippen LogP contribution in [-0.4, -0.2) is 0 Å². The van der Waals surface area contributed by atoms with E-state index in [2.05, 4.69) is 59.8 Å². The van der Waals surface area contributed by atoms with E-state index >= 15 is 0 Å². The summed E-state index contributed by atoms with van der Waals surface area (Å²) < 4.78 is 0. The van der Waals surface area contributed by atoms with E-state index in [0.717, 1.165) is 0 Å². The zero-order valence-corrected chi connectivity index (χ0v) is 16.1. The Morgan fingerprint density at radius 2 is 1.60 bits per heavy atom. The summed E-state index contributed by atoms with van der Waals surface area (Å²) in [6, 6.07) is 0. The second-order valence-electron chi connectivity index (χ2n) is 5.37. The number of halogens is 2. The molecule has 0 amide bonds. The quantitative estimate of drug-likeness (QED) is 0.420. The topological polar surface area (TPSA) is 0 Å². The van der Waals surface area contributed by atoms with E-state index in [-0.39, 0.29) is 46.5 Å². The first-order valence-electron chi connectivity index (χ1n) is 6.32. The maximum Gasteiger partial charge on any atom is 3.00 e. The van der Waals surface area contributed by atoms with Crippen LogP contribution in [0.25, 0.3) is 0 Å². The van der Waals surface area contributed by atoms with Crippen LogP contribution in [0.1, 0.15) is 41.5 Å². The summed E-state index contributed by atoms with van der Waals surface area (Å²) in [6.45, 7) is 13.2. The number of allylic oxidation sites excluding steroid dienone is 10. The summed E-state index contributed by atoms with van der Waals surface area (Å²) in [5.41, 5.74) is 9.62. The Balaban J connectivity index is 0. The summed E-state index contributed by atoms with van der Waals surface area (Å²) in [4.78, 5) is 0. The van der Waals surface area contributed by atoms with E-state index in [4.69, 9.17) is 0 Å². The van der Waals surface area contributed by atoms with Crippen LogP contribution in [-0.2, 0) is 21.7 Å². The largest absolute Gasteiger partial charge is 3.00 e. The van der Waals surface area contributed by atoms with Crippen LogP contribution in [0.3, 0.4) is 0 Å². The fraction of sp³-hybridized carbons (Fsp3) is 0.412. The molecular weight excluding hydrogens is 323 g/mol. The van der Waals surface area contributed by atoms with E-state index in [1.807, 2.05) is 0 Å². The zero-order chi connectivity index (χ0) is 12.7. The molecular formula is C17H21Cl2Ti. The van der Waals surface area contributed by atoms with Crippen molar-refractivity contribution >= 4 is 0 Å². The second-order valence-corrected chi connectivity index (χ2v) is 5.37. The predicted molar refractivity (Wildman–Crippen MR) is 74.5 cm³/mol. The average molecular weight is 344 g/mol. The molecule has 1 unspecified atom stereocenters. The first-order chi connectivity index (χ1) is 7.93. The molecule has 0 heterocycles. The Morgan fingerprint density at radius 3 is 1.95 bits per heavy atom. The van der Waals surface area contributed by atoms with Crippen molar-refractivity contribution in [1.82, 2.24) is 0 Å². The second kappa shape index (κ2) is 8.44. The number of hydrogen-bond donors (Lipinski definition) is 0. The molecule has 1 atom stereocenters. The van der Waals surface area contributed by atoms with Crippen molar-refractivity contribution in [3.05, 3.63) is 57.2 Å². The molecule has 0 fully saturated rings. The van der Waals surface area contributed by atoms with E-state index in [1.165, 1.54) is 39.0 Å². The van der Waals surface area contributed by atoms with Crippen LogP contribution in [0.5, 0.6) is 0 Å². The minimum atomic E-state index is 0. The Hall–Kier alpha value is -0.00571. The van der Waals surface area contributed by atoms with Gasteiger partial charge in [-0.25, -0.2) is 0 Å². The molecule has 0 nitrogen and oxygen atoms in total. The van der Waals surface area contributed by atoms with Crippen molar-refractivity contribution < 1.29 is 46.5 Å². The molecule has 0 N–H and O–H groups in total. The molecule has 2 aliphatic carbocycles. The fourth-order valence-electron chi connectivity index (χ4n) is 2.72. The summed E-state index contributed by atoms with van der Waals surface area (Å²) in [6.07, 6.45) is 8.13. The minimum Gasteiger partial charge on any atom is -1.00 e. The molecule has 3 heteroatoms. The van der Waals surface area contributed by atoms with Gasteiger partial charge in [0.15, 0.2) is 0 Å². The normalized spacial score (nSPS) is 20.4. The van der Waals surface area contributed by atoms with Crippen molar-refractivity contribution in [3.8, 4) is 0 Å². The zero-order valence-electron chi connectivity index (χ0n) is 13.0. The van der Waals surface area contributed by atoms with Gasteiger partial charge in [0.1, 0.15) is 0 Å². The van der Waals surface area contributed by atoms with Crippen LogP contribution >= 0.6 is 0 Å². The molecule has 0 saturated carbocycles. The van der Waals surface area contributed by atoms with Crippen molar-refractivity contribution in [2.75, 3.05) is 0 Å². The van der Waals surface area contributed by atoms with Crippen LogP contribution in [0.2, 0.25) is 0 Å². The molecule has 2 rings (SSSR count). The number of rotatable bonds is 1. The SMILES string of the molecule is CC(C)=C1[C-]=C(C2=C(C)C=CC2C)C(C)=C1C.[Cl-].[Cl-].[Ti+3]. The molecule has 0 aromatic heterocycles. The fourth-order valence-corrected chi connectivity index (χ4v) is 2.72. The molecule has 2 aliphatic rings. The average Bonchev–Trinajstić information content (AvgIpc) is 2.72. The molecule has 0 saturated heterocycles. The third-order valence-electron chi connectivity index (χ3n) is 3.85. The van der Waals surface area contributed by atoms with E-state index < -0.39 is 0 Å². The van der Waals surface area contributed by atoms with Crippen molar-refractivity contribution in [3.63, 3.8) is 0 Å². The molecule has 20 heavy (non-hydrogen) atoms. The smallest absolute Gasteiger partial charge is 1.00 e. The Bertz CT molecular complexity index is 527. The van der Waals surface area contributed by atoms with Crippen molar-refractivity contribution in [1.29, 1.82) is 0 Å². The minimum absolute atomic E-state index is 0. The van der Waals surface area contributed by atoms with Gasteiger partial charge < -0.3 is 24.8 Å². The molecule has 0 spiro atoms. The van der Waals surface area contributed by atoms with Gasteiger partial charge in [0.2, 0.25) is 0 Å². The molecule has 0 aromatic rings. The first kappa shape index (κ1) is 22.3. The van der Waals surface area contributed by atoms with E-state index in [0.29, 0.717) is 5.92 Å². The third-order valence-corrected chi connectivity index (χ3v) is 3.85. The van der Waals surface area contributed by atoms with Gasteiger partial charge in [-0.15, -0.1) is 33.9 Å². The maximum absolute atomic E-state index is 3.62. The van der Waals surface area contributed by atoms with Gasteiger partial charge in [0, 0.05) is 0 Å². The molecule has 0 bridgehead atoms. The van der Waals surface area contributed by atoms with Gasteiger partial charge >= 0.3 is 21.7 Å². The van der Waals surface area contributed by atoms with Gasteiger partial charge in [0.25, 0.3) is 0 Å². The summed E-state index contributed by atoms with van der Waals surface area (Å²) in [7, 11) is 0. The Morgan fingerprint density at radius 1 is 1.05 bits per heavy atom. The maximum atomic E-state index is 3.62. The van der Waals surface area contributed by atoms with Crippen LogP contribution in [0.4, 0.5) is 0 Å². The van der Waals surface area contributed by atoms with Gasteiger partial charge in [-0.3, -0.25) is 0 Å². The standard InChI is InChI=1S/C17H21.2ClH.Ti/c1-10(2)15-9-16(14(6)13(15)5)17-11(3)7-8-12(17)4;;;/h7-8,11H,1-6H3;2*1H;/q-1;;;+3/p-2. The summed E-state index contributed by atoms with van der Waals surface area (Å²) in [5, 5.41) is 0. The van der Waals surface area contributed by atoms with Crippen LogP contribution < -0.4 is 24.8 Å². The molecule has 1 radical (unpaired) electrons. The Labute approximate surface area is 150 Å². The van der Waals surface area contributed by atoms with Crippen LogP contribution in [0, 0.1) is 12.0 Å². The number of hydrogen-bond acceptors (Lipinski definition) is 0. The van der Waals surface area contributed by atoms with Gasteiger partial charge in [0.05, 0.1) is 0 Å². The summed E-state index contributed by atoms with van der Waals surface area (Å²) >= 11 is 0. The third kappa shape index (κ3) is 3.80. The Kier molecular flexibility index (Phi) is 9.40. The molecule has 107 valence electrons. The van der Waals surface area contributed by atoms with Crippen molar-refractivity contribution in [2.24, 2.45) is 5.92 Å². The predicted octanol–water partition coefficient (Wildman–Crippen LogP) is -1.07. The molecule has 0 aromatic carbocycles. The van der Waals surface area contributed by atoms with Crippen molar-refractivity contribution in [2.45, 2.75) is 41.5 Å². The van der Waals surface area contributed by atoms with Gasteiger partial charge in [-0.2, -0.15) is 0 Å². The monoisotopic (exact) mass is 343 g/mol.